The predicted octanol–water partition coefficient (Wildman–Crippen LogP) is 1.52. The fourth-order valence-electron chi connectivity index (χ4n) is 2.21. The summed E-state index contributed by atoms with van der Waals surface area (Å²) in [5.74, 6) is -0.727. The van der Waals surface area contributed by atoms with Crippen LogP contribution in [0, 0.1) is 0 Å². The second-order valence-electron chi connectivity index (χ2n) is 4.62. The first-order valence-electron chi connectivity index (χ1n) is 6.33. The summed E-state index contributed by atoms with van der Waals surface area (Å²) in [5, 5.41) is 21.7. The summed E-state index contributed by atoms with van der Waals surface area (Å²) >= 11 is 0. The van der Waals surface area contributed by atoms with Crippen LogP contribution in [0.1, 0.15) is 51.4 Å². The standard InChI is InChI=1S/C12H23NO3/c14-11-7-3-1-2-6-10(11)13-9-5-4-8-12(15)16/h10-11,13-14H,1-9H2,(H,15,16). The Balaban J connectivity index is 2.08. The Bertz CT molecular complexity index is 208. The lowest BCUT2D eigenvalue weighted by molar-refractivity contribution is -0.137. The summed E-state index contributed by atoms with van der Waals surface area (Å²) in [6, 6.07) is 0.215. The molecule has 0 amide bonds. The van der Waals surface area contributed by atoms with Crippen LogP contribution in [-0.4, -0.2) is 34.9 Å². The van der Waals surface area contributed by atoms with Gasteiger partial charge >= 0.3 is 5.97 Å². The van der Waals surface area contributed by atoms with Gasteiger partial charge in [-0.1, -0.05) is 19.3 Å². The van der Waals surface area contributed by atoms with Gasteiger partial charge in [-0.05, 0) is 32.2 Å². The van der Waals surface area contributed by atoms with Crippen molar-refractivity contribution in [1.82, 2.24) is 5.32 Å². The van der Waals surface area contributed by atoms with Crippen LogP contribution in [0.3, 0.4) is 0 Å². The normalized spacial score (nSPS) is 26.3. The number of unbranched alkanes of at least 4 members (excludes halogenated alkanes) is 1. The molecule has 2 unspecified atom stereocenters. The van der Waals surface area contributed by atoms with Crippen LogP contribution in [0.4, 0.5) is 0 Å². The second kappa shape index (κ2) is 7.63. The summed E-state index contributed by atoms with van der Waals surface area (Å²) in [4.78, 5) is 10.3. The van der Waals surface area contributed by atoms with Crippen LogP contribution in [0.5, 0.6) is 0 Å². The van der Waals surface area contributed by atoms with Gasteiger partial charge in [0.1, 0.15) is 0 Å². The molecule has 4 nitrogen and oxygen atoms in total. The molecule has 1 saturated carbocycles. The topological polar surface area (TPSA) is 69.6 Å². The van der Waals surface area contributed by atoms with E-state index >= 15 is 0 Å². The molecule has 16 heavy (non-hydrogen) atoms. The number of hydrogen-bond donors (Lipinski definition) is 3. The zero-order valence-corrected chi connectivity index (χ0v) is 9.82. The molecule has 0 aromatic rings. The summed E-state index contributed by atoms with van der Waals surface area (Å²) in [7, 11) is 0. The first kappa shape index (κ1) is 13.5. The minimum Gasteiger partial charge on any atom is -0.481 e. The maximum atomic E-state index is 10.3. The molecule has 0 spiro atoms. The van der Waals surface area contributed by atoms with Gasteiger partial charge in [0.25, 0.3) is 0 Å². The lowest BCUT2D eigenvalue weighted by Crippen LogP contribution is -2.39. The zero-order chi connectivity index (χ0) is 11.8. The van der Waals surface area contributed by atoms with Gasteiger partial charge in [-0.2, -0.15) is 0 Å². The third kappa shape index (κ3) is 5.47. The first-order valence-corrected chi connectivity index (χ1v) is 6.33. The minimum atomic E-state index is -0.727. The van der Waals surface area contributed by atoms with Crippen LogP contribution in [0.2, 0.25) is 0 Å². The van der Waals surface area contributed by atoms with Crippen molar-refractivity contribution in [3.8, 4) is 0 Å². The maximum absolute atomic E-state index is 10.3. The third-order valence-electron chi connectivity index (χ3n) is 3.20. The Morgan fingerprint density at radius 2 is 1.94 bits per heavy atom. The Kier molecular flexibility index (Phi) is 6.42. The lowest BCUT2D eigenvalue weighted by Gasteiger charge is -2.21. The van der Waals surface area contributed by atoms with E-state index in [4.69, 9.17) is 5.11 Å². The van der Waals surface area contributed by atoms with E-state index in [0.717, 1.165) is 32.2 Å². The smallest absolute Gasteiger partial charge is 0.303 e. The second-order valence-corrected chi connectivity index (χ2v) is 4.62. The molecule has 4 heteroatoms. The fraction of sp³-hybridized carbons (Fsp3) is 0.917. The van der Waals surface area contributed by atoms with Crippen molar-refractivity contribution < 1.29 is 15.0 Å². The predicted molar refractivity (Wildman–Crippen MR) is 62.4 cm³/mol. The molecule has 2 atom stereocenters. The molecule has 1 aliphatic carbocycles. The Hall–Kier alpha value is -0.610. The average molecular weight is 229 g/mol. The monoisotopic (exact) mass is 229 g/mol. The molecule has 3 N–H and O–H groups in total. The van der Waals surface area contributed by atoms with Crippen molar-refractivity contribution in [2.45, 2.75) is 63.5 Å². The number of rotatable bonds is 6. The van der Waals surface area contributed by atoms with Crippen molar-refractivity contribution in [3.63, 3.8) is 0 Å². The van der Waals surface area contributed by atoms with Crippen molar-refractivity contribution in [2.24, 2.45) is 0 Å². The first-order chi connectivity index (χ1) is 7.70. The minimum absolute atomic E-state index is 0.215. The van der Waals surface area contributed by atoms with E-state index in [2.05, 4.69) is 5.32 Å². The summed E-state index contributed by atoms with van der Waals surface area (Å²) < 4.78 is 0. The number of nitrogens with one attached hydrogen (secondary N) is 1. The summed E-state index contributed by atoms with van der Waals surface area (Å²) in [6.07, 6.45) is 7.07. The number of aliphatic hydroxyl groups is 1. The lowest BCUT2D eigenvalue weighted by atomic mass is 10.1. The van der Waals surface area contributed by atoms with E-state index in [-0.39, 0.29) is 18.6 Å². The van der Waals surface area contributed by atoms with Crippen LogP contribution < -0.4 is 5.32 Å². The number of carboxylic acid groups (broad SMARTS) is 1. The third-order valence-corrected chi connectivity index (χ3v) is 3.20. The molecular formula is C12H23NO3. The van der Waals surface area contributed by atoms with Crippen molar-refractivity contribution in [1.29, 1.82) is 0 Å². The van der Waals surface area contributed by atoms with Crippen molar-refractivity contribution in [2.75, 3.05) is 6.54 Å². The molecule has 0 bridgehead atoms. The maximum Gasteiger partial charge on any atom is 0.303 e. The van der Waals surface area contributed by atoms with Gasteiger partial charge in [0, 0.05) is 12.5 Å². The van der Waals surface area contributed by atoms with E-state index < -0.39 is 5.97 Å². The molecular weight excluding hydrogens is 206 g/mol. The van der Waals surface area contributed by atoms with Gasteiger partial charge in [0.05, 0.1) is 6.10 Å². The zero-order valence-electron chi connectivity index (χ0n) is 9.82. The van der Waals surface area contributed by atoms with E-state index in [1.165, 1.54) is 12.8 Å². The quantitative estimate of drug-likeness (QED) is 0.477. The van der Waals surface area contributed by atoms with Crippen LogP contribution in [-0.2, 0) is 4.79 Å². The SMILES string of the molecule is O=C(O)CCCCNC1CCCCCC1O. The summed E-state index contributed by atoms with van der Waals surface area (Å²) in [5.41, 5.74) is 0. The number of aliphatic carboxylic acids is 1. The number of carbonyl (C=O) groups is 1. The molecule has 94 valence electrons. The van der Waals surface area contributed by atoms with E-state index in [9.17, 15) is 9.90 Å². The van der Waals surface area contributed by atoms with Crippen LogP contribution in [0.15, 0.2) is 0 Å². The molecule has 1 rings (SSSR count). The van der Waals surface area contributed by atoms with Gasteiger partial charge in [-0.3, -0.25) is 4.79 Å². The van der Waals surface area contributed by atoms with Gasteiger partial charge in [-0.25, -0.2) is 0 Å². The Labute approximate surface area is 97.0 Å². The number of aliphatic hydroxyl groups excluding tert-OH is 1. The highest BCUT2D eigenvalue weighted by Crippen LogP contribution is 2.17. The highest BCUT2D eigenvalue weighted by molar-refractivity contribution is 5.66. The van der Waals surface area contributed by atoms with Gasteiger partial charge in [0.15, 0.2) is 0 Å². The molecule has 1 aliphatic rings. The molecule has 0 aromatic carbocycles. The summed E-state index contributed by atoms with van der Waals surface area (Å²) in [6.45, 7) is 0.814. The molecule has 0 aliphatic heterocycles. The van der Waals surface area contributed by atoms with Crippen molar-refractivity contribution in [3.05, 3.63) is 0 Å². The highest BCUT2D eigenvalue weighted by Gasteiger charge is 2.20. The Morgan fingerprint density at radius 3 is 2.69 bits per heavy atom. The molecule has 0 saturated heterocycles. The van der Waals surface area contributed by atoms with Gasteiger partial charge in [0.2, 0.25) is 0 Å². The number of carboxylic acids is 1. The Morgan fingerprint density at radius 1 is 1.19 bits per heavy atom. The highest BCUT2D eigenvalue weighted by atomic mass is 16.4. The fourth-order valence-corrected chi connectivity index (χ4v) is 2.21. The van der Waals surface area contributed by atoms with E-state index in [1.807, 2.05) is 0 Å². The molecule has 0 aromatic heterocycles. The van der Waals surface area contributed by atoms with E-state index in [0.29, 0.717) is 6.42 Å². The van der Waals surface area contributed by atoms with Gasteiger partial charge in [-0.15, -0.1) is 0 Å². The molecule has 0 radical (unpaired) electrons. The number of hydrogen-bond acceptors (Lipinski definition) is 3. The molecule has 1 fully saturated rings. The van der Waals surface area contributed by atoms with E-state index in [1.54, 1.807) is 0 Å². The van der Waals surface area contributed by atoms with Crippen LogP contribution in [0.25, 0.3) is 0 Å². The average Bonchev–Trinajstić information content (AvgIpc) is 2.43. The largest absolute Gasteiger partial charge is 0.481 e. The van der Waals surface area contributed by atoms with Gasteiger partial charge < -0.3 is 15.5 Å². The molecule has 0 heterocycles. The van der Waals surface area contributed by atoms with Crippen LogP contribution >= 0.6 is 0 Å². The van der Waals surface area contributed by atoms with Crippen molar-refractivity contribution >= 4 is 5.97 Å².